The van der Waals surface area contributed by atoms with Crippen molar-refractivity contribution in [1.82, 2.24) is 30.0 Å². The number of rotatable bonds is 8. The van der Waals surface area contributed by atoms with Gasteiger partial charge in [0.25, 0.3) is 5.91 Å². The van der Waals surface area contributed by atoms with Gasteiger partial charge in [-0.25, -0.2) is 9.97 Å². The van der Waals surface area contributed by atoms with Gasteiger partial charge >= 0.3 is 0 Å². The first-order chi connectivity index (χ1) is 18.3. The minimum atomic E-state index is -0.637. The zero-order valence-corrected chi connectivity index (χ0v) is 21.8. The molecular formula is C27H30N8O3. The fourth-order valence-corrected chi connectivity index (χ4v) is 4.35. The minimum absolute atomic E-state index is 0.223. The maximum atomic E-state index is 13.4. The lowest BCUT2D eigenvalue weighted by Crippen LogP contribution is -2.50. The van der Waals surface area contributed by atoms with Gasteiger partial charge in [0, 0.05) is 51.9 Å². The van der Waals surface area contributed by atoms with E-state index in [9.17, 15) is 9.59 Å². The molecule has 11 heteroatoms. The Balaban J connectivity index is 1.27. The van der Waals surface area contributed by atoms with Crippen LogP contribution in [0.1, 0.15) is 28.7 Å². The highest BCUT2D eigenvalue weighted by molar-refractivity contribution is 6.00. The molecule has 0 radical (unpaired) electrons. The zero-order valence-electron chi connectivity index (χ0n) is 21.8. The number of fused-ring (bicyclic) bond motifs is 1. The van der Waals surface area contributed by atoms with Crippen LogP contribution in [0.25, 0.3) is 11.3 Å². The second-order valence-electron chi connectivity index (χ2n) is 9.37. The number of nitrogens with one attached hydrogen (secondary N) is 2. The van der Waals surface area contributed by atoms with E-state index in [0.29, 0.717) is 35.9 Å². The number of furan rings is 1. The van der Waals surface area contributed by atoms with E-state index in [1.54, 1.807) is 35.0 Å². The van der Waals surface area contributed by atoms with Crippen LogP contribution in [0.15, 0.2) is 59.3 Å². The first-order valence-electron chi connectivity index (χ1n) is 12.4. The van der Waals surface area contributed by atoms with Crippen molar-refractivity contribution in [2.24, 2.45) is 7.05 Å². The van der Waals surface area contributed by atoms with Crippen molar-refractivity contribution < 1.29 is 14.0 Å². The van der Waals surface area contributed by atoms with E-state index in [2.05, 4.69) is 25.7 Å². The number of aryl methyl sites for hydroxylation is 1. The van der Waals surface area contributed by atoms with Crippen LogP contribution in [0, 0.1) is 0 Å². The Morgan fingerprint density at radius 1 is 1.18 bits per heavy atom. The molecule has 5 rings (SSSR count). The summed E-state index contributed by atoms with van der Waals surface area (Å²) in [6.45, 7) is 2.42. The summed E-state index contributed by atoms with van der Waals surface area (Å²) in [5.41, 5.74) is 2.01. The van der Waals surface area contributed by atoms with Crippen LogP contribution in [0.3, 0.4) is 0 Å². The fourth-order valence-electron chi connectivity index (χ4n) is 4.35. The molecule has 0 fully saturated rings. The number of hydrogen-bond acceptors (Lipinski definition) is 8. The topological polar surface area (TPSA) is 121 Å². The number of pyridine rings is 2. The smallest absolute Gasteiger partial charge is 0.258 e. The standard InChI is InChI=1S/C27H30N8O3/c1-17(26(36)29-16-19-6-5-7-24(31-19)33(2)3)35-13-10-21-20(27(35)37)15-22(38-21)18-8-11-28-23(14-18)32-25-9-12-30-34(25)4/h5-9,11-12,14-15,17H,10,13,16H2,1-4H3,(H,28,32)(H,29,36)/t17-/m1/s1. The second kappa shape index (κ2) is 10.4. The quantitative estimate of drug-likeness (QED) is 0.368. The minimum Gasteiger partial charge on any atom is -0.460 e. The number of hydrogen-bond donors (Lipinski definition) is 2. The molecule has 38 heavy (non-hydrogen) atoms. The lowest BCUT2D eigenvalue weighted by atomic mass is 10.0. The summed E-state index contributed by atoms with van der Waals surface area (Å²) in [6, 6.07) is 12.3. The van der Waals surface area contributed by atoms with Gasteiger partial charge in [0.1, 0.15) is 35.0 Å². The highest BCUT2D eigenvalue weighted by Gasteiger charge is 2.34. The number of aromatic nitrogens is 4. The molecular weight excluding hydrogens is 484 g/mol. The van der Waals surface area contributed by atoms with Gasteiger partial charge in [-0.15, -0.1) is 0 Å². The zero-order chi connectivity index (χ0) is 26.8. The highest BCUT2D eigenvalue weighted by atomic mass is 16.3. The van der Waals surface area contributed by atoms with Crippen molar-refractivity contribution in [3.63, 3.8) is 0 Å². The van der Waals surface area contributed by atoms with Gasteiger partial charge in [-0.2, -0.15) is 5.10 Å². The molecule has 1 aliphatic rings. The summed E-state index contributed by atoms with van der Waals surface area (Å²) in [6.07, 6.45) is 3.90. The molecule has 0 aromatic carbocycles. The third kappa shape index (κ3) is 5.08. The van der Waals surface area contributed by atoms with E-state index in [4.69, 9.17) is 4.42 Å². The highest BCUT2D eigenvalue weighted by Crippen LogP contribution is 2.31. The molecule has 2 amide bonds. The Hall–Kier alpha value is -4.67. The van der Waals surface area contributed by atoms with Crippen LogP contribution in [-0.2, 0) is 24.8 Å². The molecule has 1 atom stereocenters. The van der Waals surface area contributed by atoms with E-state index in [0.717, 1.165) is 22.9 Å². The van der Waals surface area contributed by atoms with Crippen molar-refractivity contribution in [1.29, 1.82) is 0 Å². The number of carbonyl (C=O) groups excluding carboxylic acids is 2. The normalized spacial score (nSPS) is 13.7. The summed E-state index contributed by atoms with van der Waals surface area (Å²) in [4.78, 5) is 38.7. The van der Waals surface area contributed by atoms with Crippen LogP contribution >= 0.6 is 0 Å². The van der Waals surface area contributed by atoms with Crippen molar-refractivity contribution in [2.75, 3.05) is 30.9 Å². The Labute approximate surface area is 220 Å². The predicted octanol–water partition coefficient (Wildman–Crippen LogP) is 2.98. The molecule has 4 aromatic rings. The van der Waals surface area contributed by atoms with Gasteiger partial charge in [0.2, 0.25) is 5.91 Å². The van der Waals surface area contributed by atoms with E-state index < -0.39 is 6.04 Å². The summed E-state index contributed by atoms with van der Waals surface area (Å²) in [7, 11) is 5.67. The van der Waals surface area contributed by atoms with Crippen LogP contribution in [-0.4, -0.2) is 63.1 Å². The average Bonchev–Trinajstić information content (AvgIpc) is 3.54. The van der Waals surface area contributed by atoms with Gasteiger partial charge < -0.3 is 24.9 Å². The van der Waals surface area contributed by atoms with Crippen LogP contribution in [0.5, 0.6) is 0 Å². The lowest BCUT2D eigenvalue weighted by Gasteiger charge is -2.31. The van der Waals surface area contributed by atoms with Crippen molar-refractivity contribution in [2.45, 2.75) is 25.9 Å². The van der Waals surface area contributed by atoms with Crippen molar-refractivity contribution >= 4 is 29.3 Å². The van der Waals surface area contributed by atoms with Gasteiger partial charge in [-0.1, -0.05) is 6.07 Å². The summed E-state index contributed by atoms with van der Waals surface area (Å²) >= 11 is 0. The maximum Gasteiger partial charge on any atom is 0.258 e. The van der Waals surface area contributed by atoms with Crippen molar-refractivity contribution in [3.05, 3.63) is 71.9 Å². The Morgan fingerprint density at radius 3 is 2.79 bits per heavy atom. The number of amides is 2. The van der Waals surface area contributed by atoms with E-state index in [1.165, 1.54) is 0 Å². The Kier molecular flexibility index (Phi) is 6.82. The lowest BCUT2D eigenvalue weighted by molar-refractivity contribution is -0.125. The molecule has 0 saturated heterocycles. The first kappa shape index (κ1) is 25.0. The largest absolute Gasteiger partial charge is 0.460 e. The molecule has 0 aliphatic carbocycles. The monoisotopic (exact) mass is 514 g/mol. The molecule has 11 nitrogen and oxygen atoms in total. The third-order valence-corrected chi connectivity index (χ3v) is 6.54. The molecule has 4 aromatic heterocycles. The molecule has 1 aliphatic heterocycles. The summed E-state index contributed by atoms with van der Waals surface area (Å²) < 4.78 is 7.78. The maximum absolute atomic E-state index is 13.4. The molecule has 2 N–H and O–H groups in total. The van der Waals surface area contributed by atoms with E-state index in [1.807, 2.05) is 62.4 Å². The van der Waals surface area contributed by atoms with Crippen LogP contribution < -0.4 is 15.5 Å². The van der Waals surface area contributed by atoms with Gasteiger partial charge in [0.05, 0.1) is 24.0 Å². The van der Waals surface area contributed by atoms with E-state index >= 15 is 0 Å². The third-order valence-electron chi connectivity index (χ3n) is 6.54. The molecule has 196 valence electrons. The SMILES string of the molecule is C[C@H](C(=O)NCc1cccc(N(C)C)n1)N1CCc2oc(-c3ccnc(Nc4ccnn4C)c3)cc2C1=O. The molecule has 0 unspecified atom stereocenters. The van der Waals surface area contributed by atoms with Gasteiger partial charge in [-0.05, 0) is 37.3 Å². The van der Waals surface area contributed by atoms with Gasteiger partial charge in [-0.3, -0.25) is 14.3 Å². The number of anilines is 3. The second-order valence-corrected chi connectivity index (χ2v) is 9.37. The van der Waals surface area contributed by atoms with Crippen molar-refractivity contribution in [3.8, 4) is 11.3 Å². The summed E-state index contributed by atoms with van der Waals surface area (Å²) in [5, 5.41) is 10.3. The first-order valence-corrected chi connectivity index (χ1v) is 12.4. The molecule has 0 spiro atoms. The van der Waals surface area contributed by atoms with Gasteiger partial charge in [0.15, 0.2) is 0 Å². The fraction of sp³-hybridized carbons (Fsp3) is 0.296. The molecule has 0 bridgehead atoms. The molecule has 0 saturated carbocycles. The number of nitrogens with zero attached hydrogens (tertiary/aromatic N) is 6. The Bertz CT molecular complexity index is 1470. The van der Waals surface area contributed by atoms with E-state index in [-0.39, 0.29) is 18.4 Å². The number of carbonyl (C=O) groups is 2. The average molecular weight is 515 g/mol. The Morgan fingerprint density at radius 2 is 2.03 bits per heavy atom. The summed E-state index contributed by atoms with van der Waals surface area (Å²) in [5.74, 6) is 2.98. The molecule has 5 heterocycles. The predicted molar refractivity (Wildman–Crippen MR) is 143 cm³/mol. The van der Waals surface area contributed by atoms with Crippen LogP contribution in [0.2, 0.25) is 0 Å². The van der Waals surface area contributed by atoms with Crippen LogP contribution in [0.4, 0.5) is 17.5 Å².